The van der Waals surface area contributed by atoms with Gasteiger partial charge in [0.1, 0.15) is 5.82 Å². The van der Waals surface area contributed by atoms with Gasteiger partial charge in [-0.3, -0.25) is 0 Å². The molecule has 0 radical (unpaired) electrons. The molecule has 4 nitrogen and oxygen atoms in total. The van der Waals surface area contributed by atoms with E-state index in [0.717, 1.165) is 22.2 Å². The quantitative estimate of drug-likeness (QED) is 0.551. The van der Waals surface area contributed by atoms with E-state index >= 15 is 0 Å². The third-order valence-corrected chi connectivity index (χ3v) is 3.56. The average Bonchev–Trinajstić information content (AvgIpc) is 2.49. The lowest BCUT2D eigenvalue weighted by atomic mass is 10.0. The predicted octanol–water partition coefficient (Wildman–Crippen LogP) is 3.20. The van der Waals surface area contributed by atoms with Gasteiger partial charge >= 0.3 is 0 Å². The highest BCUT2D eigenvalue weighted by molar-refractivity contribution is 5.95. The fourth-order valence-corrected chi connectivity index (χ4v) is 2.31. The molecule has 3 aromatic rings. The molecule has 0 fully saturated rings. The molecule has 0 unspecified atom stereocenters. The van der Waals surface area contributed by atoms with E-state index in [4.69, 9.17) is 5.84 Å². The molecule has 20 heavy (non-hydrogen) atoms. The van der Waals surface area contributed by atoms with Gasteiger partial charge in [0, 0.05) is 16.8 Å². The number of benzene rings is 2. The summed E-state index contributed by atoms with van der Waals surface area (Å²) in [6.07, 6.45) is 0. The van der Waals surface area contributed by atoms with Gasteiger partial charge in [-0.05, 0) is 24.6 Å². The lowest BCUT2D eigenvalue weighted by Crippen LogP contribution is -2.12. The second-order valence-electron chi connectivity index (χ2n) is 4.78. The molecule has 100 valence electrons. The number of nitrogens with zero attached hydrogens (tertiary/aromatic N) is 2. The molecule has 3 rings (SSSR count). The van der Waals surface area contributed by atoms with Crippen molar-refractivity contribution >= 4 is 16.6 Å². The molecule has 0 bridgehead atoms. The number of hydrogen-bond acceptors (Lipinski definition) is 4. The van der Waals surface area contributed by atoms with Crippen molar-refractivity contribution in [1.29, 1.82) is 0 Å². The van der Waals surface area contributed by atoms with Crippen molar-refractivity contribution in [2.75, 3.05) is 5.43 Å². The summed E-state index contributed by atoms with van der Waals surface area (Å²) in [6.45, 7) is 3.92. The van der Waals surface area contributed by atoms with E-state index in [9.17, 15) is 0 Å². The Balaban J connectivity index is 2.28. The molecule has 0 amide bonds. The number of nitrogens with two attached hydrogens (primary N) is 1. The SMILES string of the molecule is Cc1nc(-c2cccc3ccccc23)nc(NN)c1C. The molecule has 2 aromatic carbocycles. The van der Waals surface area contributed by atoms with Gasteiger partial charge in [-0.2, -0.15) is 0 Å². The molecule has 0 saturated carbocycles. The highest BCUT2D eigenvalue weighted by atomic mass is 15.3. The Bertz CT molecular complexity index is 775. The van der Waals surface area contributed by atoms with E-state index in [0.29, 0.717) is 11.6 Å². The zero-order valence-electron chi connectivity index (χ0n) is 11.5. The van der Waals surface area contributed by atoms with Crippen LogP contribution in [-0.4, -0.2) is 9.97 Å². The second kappa shape index (κ2) is 4.90. The molecule has 1 aromatic heterocycles. The Hall–Kier alpha value is -2.46. The van der Waals surface area contributed by atoms with Crippen LogP contribution < -0.4 is 11.3 Å². The fraction of sp³-hybridized carbons (Fsp3) is 0.125. The van der Waals surface area contributed by atoms with Crippen LogP contribution in [0.2, 0.25) is 0 Å². The predicted molar refractivity (Wildman–Crippen MR) is 82.3 cm³/mol. The number of nitrogen functional groups attached to an aromatic ring is 1. The van der Waals surface area contributed by atoms with E-state index in [1.807, 2.05) is 38.1 Å². The molecule has 0 atom stereocenters. The molecule has 0 saturated heterocycles. The number of nitrogens with one attached hydrogen (secondary N) is 1. The Morgan fingerprint density at radius 1 is 0.950 bits per heavy atom. The maximum Gasteiger partial charge on any atom is 0.162 e. The van der Waals surface area contributed by atoms with Gasteiger partial charge in [0.2, 0.25) is 0 Å². The van der Waals surface area contributed by atoms with E-state index in [-0.39, 0.29) is 0 Å². The minimum Gasteiger partial charge on any atom is -0.308 e. The van der Waals surface area contributed by atoms with Crippen LogP contribution in [0.5, 0.6) is 0 Å². The van der Waals surface area contributed by atoms with E-state index in [1.165, 1.54) is 5.39 Å². The van der Waals surface area contributed by atoms with Gasteiger partial charge in [0.15, 0.2) is 5.82 Å². The Kier molecular flexibility index (Phi) is 3.08. The smallest absolute Gasteiger partial charge is 0.162 e. The Morgan fingerprint density at radius 3 is 2.50 bits per heavy atom. The molecule has 0 aliphatic carbocycles. The summed E-state index contributed by atoms with van der Waals surface area (Å²) in [6, 6.07) is 14.4. The number of hydrazine groups is 1. The molecule has 0 spiro atoms. The summed E-state index contributed by atoms with van der Waals surface area (Å²) in [7, 11) is 0. The lowest BCUT2D eigenvalue weighted by Gasteiger charge is -2.11. The summed E-state index contributed by atoms with van der Waals surface area (Å²) in [5.74, 6) is 6.90. The van der Waals surface area contributed by atoms with Crippen molar-refractivity contribution in [2.45, 2.75) is 13.8 Å². The molecular weight excluding hydrogens is 248 g/mol. The van der Waals surface area contributed by atoms with Crippen LogP contribution in [0.3, 0.4) is 0 Å². The van der Waals surface area contributed by atoms with Crippen molar-refractivity contribution in [3.63, 3.8) is 0 Å². The maximum atomic E-state index is 5.54. The van der Waals surface area contributed by atoms with Gasteiger partial charge in [0.05, 0.1) is 0 Å². The standard InChI is InChI=1S/C16H16N4/c1-10-11(2)18-16(19-15(10)20-17)14-9-5-7-12-6-3-4-8-13(12)14/h3-9H,17H2,1-2H3,(H,18,19,20). The summed E-state index contributed by atoms with van der Waals surface area (Å²) < 4.78 is 0. The summed E-state index contributed by atoms with van der Waals surface area (Å²) in [5, 5.41) is 2.32. The Morgan fingerprint density at radius 2 is 1.70 bits per heavy atom. The molecule has 3 N–H and O–H groups in total. The lowest BCUT2D eigenvalue weighted by molar-refractivity contribution is 1.06. The molecule has 1 heterocycles. The van der Waals surface area contributed by atoms with Crippen molar-refractivity contribution < 1.29 is 0 Å². The second-order valence-corrected chi connectivity index (χ2v) is 4.78. The van der Waals surface area contributed by atoms with Crippen molar-refractivity contribution in [3.8, 4) is 11.4 Å². The number of hydrogen-bond donors (Lipinski definition) is 2. The average molecular weight is 264 g/mol. The number of anilines is 1. The van der Waals surface area contributed by atoms with Crippen LogP contribution >= 0.6 is 0 Å². The third kappa shape index (κ3) is 2.00. The number of aryl methyl sites for hydroxylation is 1. The Labute approximate surface area is 117 Å². The largest absolute Gasteiger partial charge is 0.308 e. The van der Waals surface area contributed by atoms with Crippen LogP contribution in [0.15, 0.2) is 42.5 Å². The zero-order chi connectivity index (χ0) is 14.1. The van der Waals surface area contributed by atoms with Crippen molar-refractivity contribution in [3.05, 3.63) is 53.7 Å². The molecule has 4 heteroatoms. The molecular formula is C16H16N4. The van der Waals surface area contributed by atoms with Gasteiger partial charge in [-0.25, -0.2) is 15.8 Å². The number of rotatable bonds is 2. The first-order valence-electron chi connectivity index (χ1n) is 6.50. The highest BCUT2D eigenvalue weighted by Crippen LogP contribution is 2.28. The summed E-state index contributed by atoms with van der Waals surface area (Å²) >= 11 is 0. The maximum absolute atomic E-state index is 5.54. The minimum atomic E-state index is 0.667. The van der Waals surface area contributed by atoms with E-state index in [1.54, 1.807) is 0 Å². The number of fused-ring (bicyclic) bond motifs is 1. The third-order valence-electron chi connectivity index (χ3n) is 3.56. The molecule has 0 aliphatic heterocycles. The van der Waals surface area contributed by atoms with Gasteiger partial charge < -0.3 is 5.43 Å². The van der Waals surface area contributed by atoms with Gasteiger partial charge in [-0.1, -0.05) is 42.5 Å². The first-order chi connectivity index (χ1) is 9.70. The zero-order valence-corrected chi connectivity index (χ0v) is 11.5. The molecule has 0 aliphatic rings. The first kappa shape index (κ1) is 12.6. The van der Waals surface area contributed by atoms with Gasteiger partial charge in [-0.15, -0.1) is 0 Å². The fourth-order valence-electron chi connectivity index (χ4n) is 2.31. The van der Waals surface area contributed by atoms with Crippen LogP contribution in [0.25, 0.3) is 22.2 Å². The van der Waals surface area contributed by atoms with Crippen molar-refractivity contribution in [1.82, 2.24) is 9.97 Å². The van der Waals surface area contributed by atoms with E-state index < -0.39 is 0 Å². The van der Waals surface area contributed by atoms with Crippen LogP contribution in [0, 0.1) is 13.8 Å². The van der Waals surface area contributed by atoms with Crippen molar-refractivity contribution in [2.24, 2.45) is 5.84 Å². The van der Waals surface area contributed by atoms with Gasteiger partial charge in [0.25, 0.3) is 0 Å². The normalized spacial score (nSPS) is 10.8. The highest BCUT2D eigenvalue weighted by Gasteiger charge is 2.11. The summed E-state index contributed by atoms with van der Waals surface area (Å²) in [5.41, 5.74) is 5.56. The monoisotopic (exact) mass is 264 g/mol. The van der Waals surface area contributed by atoms with E-state index in [2.05, 4.69) is 33.6 Å². The van der Waals surface area contributed by atoms with Crippen LogP contribution in [-0.2, 0) is 0 Å². The summed E-state index contributed by atoms with van der Waals surface area (Å²) in [4.78, 5) is 9.12. The number of aromatic nitrogens is 2. The topological polar surface area (TPSA) is 63.8 Å². The van der Waals surface area contributed by atoms with Crippen LogP contribution in [0.1, 0.15) is 11.3 Å². The first-order valence-corrected chi connectivity index (χ1v) is 6.50. The minimum absolute atomic E-state index is 0.667. The van der Waals surface area contributed by atoms with Crippen LogP contribution in [0.4, 0.5) is 5.82 Å².